The van der Waals surface area contributed by atoms with Crippen molar-refractivity contribution in [1.29, 1.82) is 0 Å². The second-order valence-electron chi connectivity index (χ2n) is 11.6. The lowest BCUT2D eigenvalue weighted by Gasteiger charge is -2.35. The number of fused-ring (bicyclic) bond motifs is 3. The molecule has 0 spiro atoms. The van der Waals surface area contributed by atoms with Crippen molar-refractivity contribution in [2.75, 3.05) is 62.2 Å². The van der Waals surface area contributed by atoms with E-state index in [-0.39, 0.29) is 17.8 Å². The molecule has 2 atom stereocenters. The van der Waals surface area contributed by atoms with Gasteiger partial charge in [0.2, 0.25) is 5.95 Å². The van der Waals surface area contributed by atoms with Gasteiger partial charge in [-0.1, -0.05) is 12.1 Å². The fraction of sp³-hybridized carbons (Fsp3) is 0.433. The molecule has 12 nitrogen and oxygen atoms in total. The molecule has 2 amide bonds. The van der Waals surface area contributed by atoms with E-state index in [1.54, 1.807) is 17.0 Å². The molecule has 3 aromatic heterocycles. The fourth-order valence-corrected chi connectivity index (χ4v) is 6.77. The standard InChI is InChI=1S/C30H36N10O2/c1-19-27-23-14-25(22-4-2-3-5-26(22)41)35-36-28(23)34-24(27)7-9-40(19)30-32-15-21(16-33-30)39-8-6-20(18-39)17-37-10-12-38(13-11-37)29(31)42/h2-5,14-16,19-20,41H,6-13,17-18H2,1H3,(H2,31,42)(H,34,36)/t19-,20-/m1/s1. The highest BCUT2D eigenvalue weighted by Gasteiger charge is 2.31. The Morgan fingerprint density at radius 1 is 1.07 bits per heavy atom. The van der Waals surface area contributed by atoms with Gasteiger partial charge in [0.05, 0.1) is 29.8 Å². The number of benzene rings is 1. The molecule has 0 saturated carbocycles. The summed E-state index contributed by atoms with van der Waals surface area (Å²) in [5, 5.41) is 20.2. The number of nitrogens with two attached hydrogens (primary N) is 1. The third-order valence-corrected chi connectivity index (χ3v) is 9.08. The van der Waals surface area contributed by atoms with E-state index in [0.717, 1.165) is 80.5 Å². The topological polar surface area (TPSA) is 144 Å². The van der Waals surface area contributed by atoms with Crippen LogP contribution < -0.4 is 15.5 Å². The number of piperazine rings is 1. The Kier molecular flexibility index (Phi) is 6.77. The first-order valence-corrected chi connectivity index (χ1v) is 14.7. The summed E-state index contributed by atoms with van der Waals surface area (Å²) in [7, 11) is 0. The van der Waals surface area contributed by atoms with Crippen LogP contribution in [0.1, 0.15) is 30.6 Å². The summed E-state index contributed by atoms with van der Waals surface area (Å²) in [6.45, 7) is 9.17. The SMILES string of the molecule is C[C@@H]1c2c([nH]c3nnc(-c4ccccc4O)cc23)CCN1c1ncc(N2CC[C@H](CN3CCN(C(N)=O)CC3)C2)cn1. The van der Waals surface area contributed by atoms with E-state index in [1.165, 1.54) is 5.56 Å². The van der Waals surface area contributed by atoms with Gasteiger partial charge in [0.1, 0.15) is 5.75 Å². The first-order valence-electron chi connectivity index (χ1n) is 14.7. The van der Waals surface area contributed by atoms with Gasteiger partial charge in [0.25, 0.3) is 0 Å². The molecule has 0 bridgehead atoms. The number of phenols is 1. The second kappa shape index (κ2) is 10.8. The van der Waals surface area contributed by atoms with Gasteiger partial charge in [-0.05, 0) is 37.5 Å². The van der Waals surface area contributed by atoms with Crippen LogP contribution in [0.5, 0.6) is 5.75 Å². The van der Waals surface area contributed by atoms with Crippen molar-refractivity contribution in [2.24, 2.45) is 11.7 Å². The molecule has 4 aromatic rings. The number of hydrogen-bond donors (Lipinski definition) is 3. The number of rotatable bonds is 5. The highest BCUT2D eigenvalue weighted by atomic mass is 16.3. The highest BCUT2D eigenvalue weighted by Crippen LogP contribution is 2.38. The van der Waals surface area contributed by atoms with Gasteiger partial charge in [0.15, 0.2) is 5.65 Å². The summed E-state index contributed by atoms with van der Waals surface area (Å²) in [5.74, 6) is 1.49. The molecule has 0 radical (unpaired) electrons. The Bertz CT molecular complexity index is 1600. The van der Waals surface area contributed by atoms with Crippen LogP contribution in [0.3, 0.4) is 0 Å². The summed E-state index contributed by atoms with van der Waals surface area (Å²) in [4.78, 5) is 33.3. The fourth-order valence-electron chi connectivity index (χ4n) is 6.77. The summed E-state index contributed by atoms with van der Waals surface area (Å²) >= 11 is 0. The summed E-state index contributed by atoms with van der Waals surface area (Å²) in [6, 6.07) is 8.93. The van der Waals surface area contributed by atoms with Crippen LogP contribution in [0.25, 0.3) is 22.3 Å². The van der Waals surface area contributed by atoms with Crippen molar-refractivity contribution in [3.63, 3.8) is 0 Å². The zero-order valence-electron chi connectivity index (χ0n) is 23.8. The first-order chi connectivity index (χ1) is 20.4. The quantitative estimate of drug-likeness (QED) is 0.331. The Balaban J connectivity index is 1.04. The Labute approximate surface area is 244 Å². The predicted molar refractivity (Wildman–Crippen MR) is 160 cm³/mol. The molecule has 1 aromatic carbocycles. The van der Waals surface area contributed by atoms with Crippen molar-refractivity contribution in [1.82, 2.24) is 34.9 Å². The molecule has 3 aliphatic heterocycles. The minimum absolute atomic E-state index is 0.0426. The molecule has 0 unspecified atom stereocenters. The number of carbonyl (C=O) groups is 1. The largest absolute Gasteiger partial charge is 0.507 e. The van der Waals surface area contributed by atoms with E-state index in [0.29, 0.717) is 30.3 Å². The number of hydrogen-bond acceptors (Lipinski definition) is 9. The highest BCUT2D eigenvalue weighted by molar-refractivity contribution is 5.86. The molecule has 7 rings (SSSR count). The van der Waals surface area contributed by atoms with E-state index in [9.17, 15) is 9.90 Å². The monoisotopic (exact) mass is 568 g/mol. The van der Waals surface area contributed by atoms with Gasteiger partial charge < -0.3 is 30.5 Å². The van der Waals surface area contributed by atoms with Crippen molar-refractivity contribution in [3.8, 4) is 17.0 Å². The van der Waals surface area contributed by atoms with Gasteiger partial charge in [0, 0.05) is 81.0 Å². The lowest BCUT2D eigenvalue weighted by atomic mass is 9.97. The predicted octanol–water partition coefficient (Wildman–Crippen LogP) is 2.77. The first kappa shape index (κ1) is 26.4. The number of H-pyrrole nitrogens is 1. The lowest BCUT2D eigenvalue weighted by molar-refractivity contribution is 0.134. The van der Waals surface area contributed by atoms with Crippen molar-refractivity contribution < 1.29 is 9.90 Å². The number of amides is 2. The summed E-state index contributed by atoms with van der Waals surface area (Å²) in [5.41, 5.74) is 10.9. The Morgan fingerprint density at radius 3 is 2.62 bits per heavy atom. The zero-order valence-corrected chi connectivity index (χ0v) is 23.8. The number of anilines is 2. The van der Waals surface area contributed by atoms with Crippen LogP contribution >= 0.6 is 0 Å². The summed E-state index contributed by atoms with van der Waals surface area (Å²) in [6.07, 6.45) is 5.87. The average Bonchev–Trinajstić information content (AvgIpc) is 3.63. The van der Waals surface area contributed by atoms with E-state index in [2.05, 4.69) is 36.8 Å². The van der Waals surface area contributed by atoms with Gasteiger partial charge >= 0.3 is 6.03 Å². The third kappa shape index (κ3) is 4.85. The van der Waals surface area contributed by atoms with Gasteiger partial charge in [-0.2, -0.15) is 0 Å². The van der Waals surface area contributed by atoms with Gasteiger partial charge in [-0.15, -0.1) is 10.2 Å². The number of carbonyl (C=O) groups excluding carboxylic acids is 1. The smallest absolute Gasteiger partial charge is 0.314 e. The second-order valence-corrected chi connectivity index (χ2v) is 11.6. The number of para-hydroxylation sites is 1. The van der Waals surface area contributed by atoms with Gasteiger partial charge in [-0.3, -0.25) is 4.90 Å². The number of nitrogens with zero attached hydrogens (tertiary/aromatic N) is 8. The maximum atomic E-state index is 11.4. The van der Waals surface area contributed by atoms with E-state index in [1.807, 2.05) is 30.6 Å². The van der Waals surface area contributed by atoms with Crippen LogP contribution in [0, 0.1) is 5.92 Å². The van der Waals surface area contributed by atoms with Crippen LogP contribution in [-0.2, 0) is 6.42 Å². The van der Waals surface area contributed by atoms with E-state index in [4.69, 9.17) is 15.7 Å². The van der Waals surface area contributed by atoms with Crippen molar-refractivity contribution in [3.05, 3.63) is 54.0 Å². The number of phenolic OH excluding ortho intramolecular Hbond substituents is 1. The van der Waals surface area contributed by atoms with Crippen LogP contribution in [0.4, 0.5) is 16.4 Å². The number of aromatic amines is 1. The molecule has 218 valence electrons. The van der Waals surface area contributed by atoms with Crippen molar-refractivity contribution in [2.45, 2.75) is 25.8 Å². The molecule has 2 saturated heterocycles. The molecule has 12 heteroatoms. The third-order valence-electron chi connectivity index (χ3n) is 9.08. The molecule has 3 aliphatic rings. The van der Waals surface area contributed by atoms with Crippen LogP contribution in [-0.4, -0.2) is 98.4 Å². The number of aromatic nitrogens is 5. The van der Waals surface area contributed by atoms with Gasteiger partial charge in [-0.25, -0.2) is 14.8 Å². The van der Waals surface area contributed by atoms with Crippen LogP contribution in [0.15, 0.2) is 42.7 Å². The summed E-state index contributed by atoms with van der Waals surface area (Å²) < 4.78 is 0. The Hall–Kier alpha value is -4.45. The van der Waals surface area contributed by atoms with E-state index < -0.39 is 0 Å². The molecule has 6 heterocycles. The minimum atomic E-state index is -0.321. The number of urea groups is 1. The zero-order chi connectivity index (χ0) is 28.8. The molecular formula is C30H36N10O2. The molecule has 42 heavy (non-hydrogen) atoms. The molecule has 0 aliphatic carbocycles. The number of aromatic hydroxyl groups is 1. The maximum absolute atomic E-state index is 11.4. The normalized spacial score (nSPS) is 21.2. The van der Waals surface area contributed by atoms with E-state index >= 15 is 0 Å². The van der Waals surface area contributed by atoms with Crippen molar-refractivity contribution >= 4 is 28.7 Å². The molecule has 2 fully saturated rings. The van der Waals surface area contributed by atoms with Crippen LogP contribution in [0.2, 0.25) is 0 Å². The lowest BCUT2D eigenvalue weighted by Crippen LogP contribution is -2.51. The molecular weight excluding hydrogens is 532 g/mol. The average molecular weight is 569 g/mol. The maximum Gasteiger partial charge on any atom is 0.314 e. The minimum Gasteiger partial charge on any atom is -0.507 e. The molecule has 4 N–H and O–H groups in total. The number of primary amides is 1. The Morgan fingerprint density at radius 2 is 1.86 bits per heavy atom. The number of nitrogens with one attached hydrogen (secondary N) is 1.